The summed E-state index contributed by atoms with van der Waals surface area (Å²) >= 11 is 1.37. The zero-order valence-corrected chi connectivity index (χ0v) is 18.3. The molecule has 164 valence electrons. The molecule has 4 rings (SSSR count). The number of nitrogens with one attached hydrogen (secondary N) is 1. The first-order valence-electron chi connectivity index (χ1n) is 10.4. The number of carboxylic acid groups (broad SMARTS) is 1. The highest BCUT2D eigenvalue weighted by Gasteiger charge is 2.37. The van der Waals surface area contributed by atoms with Gasteiger partial charge in [-0.2, -0.15) is 0 Å². The standard InChI is InChI=1S/C23H25NO6S/c1-29-13-8-9-14-12(11-13)7-10-17-18(14)19(23(28)30-2)21(31-17)24-20(25)15-5-3-4-6-16(15)22(26)27/h8-9,11,15-16H,3-7,10H2,1-2H3,(H,24,25)(H,26,27)/t15-,16-/m1/s1. The molecule has 2 N–H and O–H groups in total. The maximum absolute atomic E-state index is 13.1. The summed E-state index contributed by atoms with van der Waals surface area (Å²) in [6.07, 6.45) is 4.19. The van der Waals surface area contributed by atoms with Crippen LogP contribution in [-0.2, 0) is 27.2 Å². The molecule has 2 aliphatic rings. The Labute approximate surface area is 184 Å². The predicted octanol–water partition coefficient (Wildman–Crippen LogP) is 4.14. The smallest absolute Gasteiger partial charge is 0.341 e. The maximum atomic E-state index is 13.1. The quantitative estimate of drug-likeness (QED) is 0.674. The van der Waals surface area contributed by atoms with Crippen molar-refractivity contribution in [2.75, 3.05) is 19.5 Å². The molecule has 1 heterocycles. The highest BCUT2D eigenvalue weighted by atomic mass is 32.1. The van der Waals surface area contributed by atoms with Crippen molar-refractivity contribution in [1.29, 1.82) is 0 Å². The highest BCUT2D eigenvalue weighted by molar-refractivity contribution is 7.17. The first kappa shape index (κ1) is 21.4. The average Bonchev–Trinajstić information content (AvgIpc) is 3.16. The van der Waals surface area contributed by atoms with Gasteiger partial charge in [0.25, 0.3) is 0 Å². The first-order valence-corrected chi connectivity index (χ1v) is 11.2. The molecular formula is C23H25NO6S. The molecule has 0 unspecified atom stereocenters. The number of esters is 1. The summed E-state index contributed by atoms with van der Waals surface area (Å²) in [5.41, 5.74) is 3.13. The van der Waals surface area contributed by atoms with Crippen LogP contribution in [0.15, 0.2) is 18.2 Å². The van der Waals surface area contributed by atoms with Gasteiger partial charge < -0.3 is 19.9 Å². The highest BCUT2D eigenvalue weighted by Crippen LogP contribution is 2.46. The monoisotopic (exact) mass is 443 g/mol. The van der Waals surface area contributed by atoms with Gasteiger partial charge in [0.15, 0.2) is 0 Å². The third-order valence-corrected chi connectivity index (χ3v) is 7.40. The number of benzene rings is 1. The van der Waals surface area contributed by atoms with Gasteiger partial charge in [-0.15, -0.1) is 11.3 Å². The fraction of sp³-hybridized carbons (Fsp3) is 0.435. The third-order valence-electron chi connectivity index (χ3n) is 6.23. The van der Waals surface area contributed by atoms with Crippen LogP contribution in [0.4, 0.5) is 5.00 Å². The van der Waals surface area contributed by atoms with Gasteiger partial charge >= 0.3 is 11.9 Å². The lowest BCUT2D eigenvalue weighted by Gasteiger charge is -2.27. The number of ether oxygens (including phenoxy) is 2. The van der Waals surface area contributed by atoms with Crippen LogP contribution in [0.2, 0.25) is 0 Å². The van der Waals surface area contributed by atoms with Crippen molar-refractivity contribution in [3.8, 4) is 16.9 Å². The van der Waals surface area contributed by atoms with E-state index in [0.29, 0.717) is 23.4 Å². The van der Waals surface area contributed by atoms with E-state index >= 15 is 0 Å². The van der Waals surface area contributed by atoms with E-state index in [1.54, 1.807) is 7.11 Å². The van der Waals surface area contributed by atoms with Gasteiger partial charge in [0.05, 0.1) is 26.1 Å². The van der Waals surface area contributed by atoms with Crippen molar-refractivity contribution in [3.05, 3.63) is 34.2 Å². The lowest BCUT2D eigenvalue weighted by atomic mass is 9.78. The lowest BCUT2D eigenvalue weighted by Crippen LogP contribution is -2.36. The molecule has 0 saturated heterocycles. The molecular weight excluding hydrogens is 418 g/mol. The number of methoxy groups -OCH3 is 2. The second kappa shape index (κ2) is 8.70. The molecule has 31 heavy (non-hydrogen) atoms. The van der Waals surface area contributed by atoms with Crippen molar-refractivity contribution >= 4 is 34.2 Å². The minimum absolute atomic E-state index is 0.338. The maximum Gasteiger partial charge on any atom is 0.341 e. The summed E-state index contributed by atoms with van der Waals surface area (Å²) in [6.45, 7) is 0. The van der Waals surface area contributed by atoms with Crippen LogP contribution in [0.1, 0.15) is 46.5 Å². The van der Waals surface area contributed by atoms with Gasteiger partial charge in [-0.3, -0.25) is 9.59 Å². The Hall–Kier alpha value is -2.87. The van der Waals surface area contributed by atoms with Gasteiger partial charge in [0.2, 0.25) is 5.91 Å². The van der Waals surface area contributed by atoms with Gasteiger partial charge in [-0.25, -0.2) is 4.79 Å². The normalized spacial score (nSPS) is 19.7. The van der Waals surface area contributed by atoms with E-state index in [1.165, 1.54) is 18.4 Å². The Morgan fingerprint density at radius 1 is 1.10 bits per heavy atom. The number of rotatable bonds is 5. The summed E-state index contributed by atoms with van der Waals surface area (Å²) < 4.78 is 10.4. The lowest BCUT2D eigenvalue weighted by molar-refractivity contribution is -0.147. The summed E-state index contributed by atoms with van der Waals surface area (Å²) in [6, 6.07) is 5.75. The molecule has 0 spiro atoms. The number of anilines is 1. The van der Waals surface area contributed by atoms with E-state index < -0.39 is 23.8 Å². The summed E-state index contributed by atoms with van der Waals surface area (Å²) in [7, 11) is 2.93. The summed E-state index contributed by atoms with van der Waals surface area (Å²) in [5.74, 6) is -2.35. The van der Waals surface area contributed by atoms with Crippen molar-refractivity contribution < 1.29 is 29.0 Å². The zero-order chi connectivity index (χ0) is 22.1. The molecule has 0 aliphatic heterocycles. The molecule has 1 saturated carbocycles. The molecule has 0 radical (unpaired) electrons. The van der Waals surface area contributed by atoms with Gasteiger partial charge in [-0.05, 0) is 48.9 Å². The minimum atomic E-state index is -0.943. The first-order chi connectivity index (χ1) is 14.9. The zero-order valence-electron chi connectivity index (χ0n) is 17.5. The van der Waals surface area contributed by atoms with Crippen LogP contribution in [0.5, 0.6) is 5.75 Å². The number of hydrogen-bond acceptors (Lipinski definition) is 6. The van der Waals surface area contributed by atoms with Crippen LogP contribution in [0, 0.1) is 11.8 Å². The number of aryl methyl sites for hydroxylation is 2. The number of hydrogen-bond donors (Lipinski definition) is 2. The predicted molar refractivity (Wildman–Crippen MR) is 117 cm³/mol. The van der Waals surface area contributed by atoms with Crippen LogP contribution >= 0.6 is 11.3 Å². The van der Waals surface area contributed by atoms with Crippen LogP contribution in [0.25, 0.3) is 11.1 Å². The molecule has 2 aromatic rings. The van der Waals surface area contributed by atoms with Crippen LogP contribution < -0.4 is 10.1 Å². The Morgan fingerprint density at radius 2 is 1.84 bits per heavy atom. The van der Waals surface area contributed by atoms with Gasteiger partial charge in [0.1, 0.15) is 16.3 Å². The molecule has 1 aromatic carbocycles. The van der Waals surface area contributed by atoms with E-state index in [0.717, 1.165) is 53.0 Å². The molecule has 1 amide bonds. The summed E-state index contributed by atoms with van der Waals surface area (Å²) in [4.78, 5) is 38.4. The number of amides is 1. The van der Waals surface area contributed by atoms with E-state index in [4.69, 9.17) is 9.47 Å². The number of carbonyl (C=O) groups excluding carboxylic acids is 2. The largest absolute Gasteiger partial charge is 0.497 e. The molecule has 1 fully saturated rings. The topological polar surface area (TPSA) is 102 Å². The van der Waals surface area contributed by atoms with Crippen LogP contribution in [-0.4, -0.2) is 37.2 Å². The van der Waals surface area contributed by atoms with Gasteiger partial charge in [0, 0.05) is 10.4 Å². The Morgan fingerprint density at radius 3 is 2.52 bits per heavy atom. The Kier molecular flexibility index (Phi) is 6.00. The van der Waals surface area contributed by atoms with Crippen LogP contribution in [0.3, 0.4) is 0 Å². The van der Waals surface area contributed by atoms with Gasteiger partial charge in [-0.1, -0.05) is 18.9 Å². The van der Waals surface area contributed by atoms with Crippen molar-refractivity contribution in [1.82, 2.24) is 0 Å². The molecule has 0 bridgehead atoms. The third kappa shape index (κ3) is 3.92. The number of carbonyl (C=O) groups is 3. The van der Waals surface area contributed by atoms with E-state index in [1.807, 2.05) is 18.2 Å². The molecule has 2 atom stereocenters. The molecule has 8 heteroatoms. The number of carboxylic acids is 1. The van der Waals surface area contributed by atoms with E-state index in [-0.39, 0.29) is 5.91 Å². The fourth-order valence-electron chi connectivity index (χ4n) is 4.66. The Balaban J connectivity index is 1.72. The minimum Gasteiger partial charge on any atom is -0.497 e. The van der Waals surface area contributed by atoms with Crippen molar-refractivity contribution in [2.45, 2.75) is 38.5 Å². The fourth-order valence-corrected chi connectivity index (χ4v) is 5.87. The summed E-state index contributed by atoms with van der Waals surface area (Å²) in [5, 5.41) is 12.8. The molecule has 1 aromatic heterocycles. The number of thiophene rings is 1. The molecule has 7 nitrogen and oxygen atoms in total. The second-order valence-electron chi connectivity index (χ2n) is 7.94. The Bertz CT molecular complexity index is 1040. The van der Waals surface area contributed by atoms with E-state index in [9.17, 15) is 19.5 Å². The SMILES string of the molecule is COC(=O)c1c(NC(=O)[C@@H]2CCCC[C@H]2C(=O)O)sc2c1-c1ccc(OC)cc1CC2. The number of fused-ring (bicyclic) bond motifs is 3. The van der Waals surface area contributed by atoms with Crippen molar-refractivity contribution in [2.24, 2.45) is 11.8 Å². The van der Waals surface area contributed by atoms with E-state index in [2.05, 4.69) is 5.32 Å². The number of aliphatic carboxylic acids is 1. The van der Waals surface area contributed by atoms with Crippen molar-refractivity contribution in [3.63, 3.8) is 0 Å². The molecule has 2 aliphatic carbocycles. The average molecular weight is 444 g/mol. The second-order valence-corrected chi connectivity index (χ2v) is 9.05.